The molecule has 0 aromatic heterocycles. The average Bonchev–Trinajstić information content (AvgIpc) is 2.01. The maximum Gasteiger partial charge on any atom is 0.192 e. The minimum atomic E-state index is -3.13. The van der Waals surface area contributed by atoms with Crippen LogP contribution in [-0.2, 0) is 14.3 Å². The van der Waals surface area contributed by atoms with Crippen LogP contribution in [-0.4, -0.2) is 29.1 Å². The zero-order valence-electron chi connectivity index (χ0n) is 10.3. The van der Waals surface area contributed by atoms with E-state index in [2.05, 4.69) is 40.4 Å². The van der Waals surface area contributed by atoms with Gasteiger partial charge in [-0.3, -0.25) is 0 Å². The smallest absolute Gasteiger partial charge is 0.192 e. The summed E-state index contributed by atoms with van der Waals surface area (Å²) in [5.74, 6) is 0.0308. The first-order valence-corrected chi connectivity index (χ1v) is 9.63. The molecule has 0 N–H and O–H groups in total. The fourth-order valence-electron chi connectivity index (χ4n) is 0.713. The highest BCUT2D eigenvalue weighted by Gasteiger charge is 2.37. The van der Waals surface area contributed by atoms with Gasteiger partial charge in [0.15, 0.2) is 18.2 Å². The first-order valence-electron chi connectivity index (χ1n) is 5.01. The molecule has 0 bridgehead atoms. The standard InChI is InChI=1S/C10H22O3SSi/c1-7-14(11,12)9-8-13-15(5,6)10(2,3)4/h7H,1,8-9H2,2-6H3. The van der Waals surface area contributed by atoms with Crippen molar-refractivity contribution in [2.24, 2.45) is 0 Å². The summed E-state index contributed by atoms with van der Waals surface area (Å²) in [6, 6.07) is 0. The van der Waals surface area contributed by atoms with E-state index in [1.165, 1.54) is 0 Å². The number of hydrogen-bond donors (Lipinski definition) is 0. The van der Waals surface area contributed by atoms with Crippen LogP contribution in [0.2, 0.25) is 18.1 Å². The van der Waals surface area contributed by atoms with Crippen LogP contribution in [0.3, 0.4) is 0 Å². The highest BCUT2D eigenvalue weighted by atomic mass is 32.2. The lowest BCUT2D eigenvalue weighted by atomic mass is 10.2. The van der Waals surface area contributed by atoms with Crippen LogP contribution in [0.1, 0.15) is 20.8 Å². The van der Waals surface area contributed by atoms with Crippen molar-refractivity contribution < 1.29 is 12.8 Å². The van der Waals surface area contributed by atoms with Crippen molar-refractivity contribution in [2.75, 3.05) is 12.4 Å². The molecular weight excluding hydrogens is 228 g/mol. The molecule has 0 unspecified atom stereocenters. The highest BCUT2D eigenvalue weighted by molar-refractivity contribution is 7.94. The molecular formula is C10H22O3SSi. The highest BCUT2D eigenvalue weighted by Crippen LogP contribution is 2.36. The Bertz CT molecular complexity index is 312. The van der Waals surface area contributed by atoms with Gasteiger partial charge in [-0.1, -0.05) is 27.4 Å². The third kappa shape index (κ3) is 4.95. The van der Waals surface area contributed by atoms with E-state index in [9.17, 15) is 8.42 Å². The zero-order valence-corrected chi connectivity index (χ0v) is 12.1. The predicted molar refractivity (Wildman–Crippen MR) is 67.1 cm³/mol. The van der Waals surface area contributed by atoms with Gasteiger partial charge in [-0.05, 0) is 18.1 Å². The van der Waals surface area contributed by atoms with Gasteiger partial charge in [-0.15, -0.1) is 0 Å². The van der Waals surface area contributed by atoms with E-state index in [-0.39, 0.29) is 17.4 Å². The first-order chi connectivity index (χ1) is 6.52. The second kappa shape index (κ2) is 4.80. The molecule has 0 aliphatic heterocycles. The Morgan fingerprint density at radius 3 is 2.13 bits per heavy atom. The van der Waals surface area contributed by atoms with Gasteiger partial charge < -0.3 is 4.43 Å². The van der Waals surface area contributed by atoms with E-state index in [4.69, 9.17) is 4.43 Å². The van der Waals surface area contributed by atoms with Gasteiger partial charge in [0.05, 0.1) is 5.75 Å². The molecule has 0 heterocycles. The summed E-state index contributed by atoms with van der Waals surface area (Å²) in [6.45, 7) is 14.1. The molecule has 3 nitrogen and oxygen atoms in total. The van der Waals surface area contributed by atoms with E-state index >= 15 is 0 Å². The van der Waals surface area contributed by atoms with Crippen molar-refractivity contribution in [3.63, 3.8) is 0 Å². The van der Waals surface area contributed by atoms with E-state index < -0.39 is 18.2 Å². The van der Waals surface area contributed by atoms with Crippen molar-refractivity contribution in [1.29, 1.82) is 0 Å². The molecule has 0 spiro atoms. The fraction of sp³-hybridized carbons (Fsp3) is 0.800. The molecule has 90 valence electrons. The van der Waals surface area contributed by atoms with Crippen LogP contribution in [0.5, 0.6) is 0 Å². The summed E-state index contributed by atoms with van der Waals surface area (Å²) in [7, 11) is -4.94. The Morgan fingerprint density at radius 2 is 1.80 bits per heavy atom. The normalized spacial score (nSPS) is 13.9. The molecule has 0 saturated carbocycles. The van der Waals surface area contributed by atoms with Crippen LogP contribution in [0.25, 0.3) is 0 Å². The molecule has 0 aromatic carbocycles. The Morgan fingerprint density at radius 1 is 1.33 bits per heavy atom. The van der Waals surface area contributed by atoms with E-state index in [0.29, 0.717) is 0 Å². The number of sulfone groups is 1. The maximum atomic E-state index is 11.2. The number of rotatable bonds is 5. The summed E-state index contributed by atoms with van der Waals surface area (Å²) in [5, 5.41) is 1.10. The summed E-state index contributed by atoms with van der Waals surface area (Å²) in [4.78, 5) is 0. The lowest BCUT2D eigenvalue weighted by Gasteiger charge is -2.36. The summed E-state index contributed by atoms with van der Waals surface area (Å²) in [5.41, 5.74) is 0. The monoisotopic (exact) mass is 250 g/mol. The molecule has 0 radical (unpaired) electrons. The maximum absolute atomic E-state index is 11.2. The van der Waals surface area contributed by atoms with E-state index in [0.717, 1.165) is 5.41 Å². The Labute approximate surface area is 94.6 Å². The number of hydrogen-bond acceptors (Lipinski definition) is 3. The quantitative estimate of drug-likeness (QED) is 0.704. The van der Waals surface area contributed by atoms with Gasteiger partial charge in [0.1, 0.15) is 0 Å². The third-order valence-corrected chi connectivity index (χ3v) is 8.67. The van der Waals surface area contributed by atoms with Gasteiger partial charge in [0.25, 0.3) is 0 Å². The van der Waals surface area contributed by atoms with E-state index in [1.54, 1.807) is 0 Å². The van der Waals surface area contributed by atoms with E-state index in [1.807, 2.05) is 0 Å². The molecule has 0 rings (SSSR count). The van der Waals surface area contributed by atoms with Crippen LogP contribution >= 0.6 is 0 Å². The van der Waals surface area contributed by atoms with Crippen LogP contribution in [0.4, 0.5) is 0 Å². The molecule has 0 aliphatic carbocycles. The molecule has 15 heavy (non-hydrogen) atoms. The van der Waals surface area contributed by atoms with Crippen molar-refractivity contribution >= 4 is 18.2 Å². The minimum absolute atomic E-state index is 0.0308. The van der Waals surface area contributed by atoms with Crippen molar-refractivity contribution in [1.82, 2.24) is 0 Å². The topological polar surface area (TPSA) is 43.4 Å². The minimum Gasteiger partial charge on any atom is -0.416 e. The van der Waals surface area contributed by atoms with Crippen LogP contribution < -0.4 is 0 Å². The summed E-state index contributed by atoms with van der Waals surface area (Å²) >= 11 is 0. The lowest BCUT2D eigenvalue weighted by Crippen LogP contribution is -2.41. The Balaban J connectivity index is 4.25. The van der Waals surface area contributed by atoms with Crippen molar-refractivity contribution in [2.45, 2.75) is 38.9 Å². The zero-order chi connectivity index (χ0) is 12.3. The van der Waals surface area contributed by atoms with Gasteiger partial charge in [0, 0.05) is 12.0 Å². The summed E-state index contributed by atoms with van der Waals surface area (Å²) < 4.78 is 28.0. The SMILES string of the molecule is C=CS(=O)(=O)CCO[Si](C)(C)C(C)(C)C. The Kier molecular flexibility index (Phi) is 4.76. The Hall–Kier alpha value is -0.133. The lowest BCUT2D eigenvalue weighted by molar-refractivity contribution is 0.309. The van der Waals surface area contributed by atoms with Gasteiger partial charge >= 0.3 is 0 Å². The second-order valence-electron chi connectivity index (χ2n) is 5.14. The van der Waals surface area contributed by atoms with Crippen LogP contribution in [0.15, 0.2) is 12.0 Å². The molecule has 0 aliphatic rings. The first kappa shape index (κ1) is 14.9. The molecule has 0 atom stereocenters. The van der Waals surface area contributed by atoms with Gasteiger partial charge in [-0.2, -0.15) is 0 Å². The van der Waals surface area contributed by atoms with Crippen molar-refractivity contribution in [3.05, 3.63) is 12.0 Å². The largest absolute Gasteiger partial charge is 0.416 e. The average molecular weight is 250 g/mol. The molecule has 0 amide bonds. The predicted octanol–water partition coefficient (Wildman–Crippen LogP) is 2.57. The molecule has 0 fully saturated rings. The van der Waals surface area contributed by atoms with Gasteiger partial charge in [-0.25, -0.2) is 8.42 Å². The van der Waals surface area contributed by atoms with Crippen molar-refractivity contribution in [3.8, 4) is 0 Å². The summed E-state index contributed by atoms with van der Waals surface area (Å²) in [6.07, 6.45) is 0. The fourth-order valence-corrected chi connectivity index (χ4v) is 2.39. The molecule has 5 heteroatoms. The molecule has 0 aromatic rings. The molecule has 0 saturated heterocycles. The van der Waals surface area contributed by atoms with Crippen LogP contribution in [0, 0.1) is 0 Å². The van der Waals surface area contributed by atoms with Gasteiger partial charge in [0.2, 0.25) is 0 Å². The second-order valence-corrected chi connectivity index (χ2v) is 12.0. The third-order valence-electron chi connectivity index (χ3n) is 2.89.